The van der Waals surface area contributed by atoms with Crippen LogP contribution in [0.1, 0.15) is 11.3 Å². The molecule has 0 saturated heterocycles. The van der Waals surface area contributed by atoms with Crippen molar-refractivity contribution in [2.45, 2.75) is 22.8 Å². The molecule has 0 radical (unpaired) electrons. The first-order chi connectivity index (χ1) is 13.2. The molecule has 148 valence electrons. The average molecular weight is 468 g/mol. The zero-order valence-corrected chi connectivity index (χ0v) is 16.8. The Hall–Kier alpha value is -1.82. The lowest BCUT2D eigenvalue weighted by atomic mass is 10.2. The van der Waals surface area contributed by atoms with E-state index in [1.165, 1.54) is 11.8 Å². The minimum atomic E-state index is -4.56. The summed E-state index contributed by atoms with van der Waals surface area (Å²) in [7, 11) is 0. The largest absolute Gasteiger partial charge is 0.435 e. The molecule has 0 unspecified atom stereocenters. The van der Waals surface area contributed by atoms with Gasteiger partial charge < -0.3 is 0 Å². The van der Waals surface area contributed by atoms with E-state index in [-0.39, 0.29) is 11.7 Å². The summed E-state index contributed by atoms with van der Waals surface area (Å²) in [6.07, 6.45) is -3.48. The Kier molecular flexibility index (Phi) is 6.48. The molecule has 28 heavy (non-hydrogen) atoms. The van der Waals surface area contributed by atoms with Crippen molar-refractivity contribution in [2.24, 2.45) is 0 Å². The summed E-state index contributed by atoms with van der Waals surface area (Å²) in [6, 6.07) is 6.00. The van der Waals surface area contributed by atoms with Gasteiger partial charge in [-0.2, -0.15) is 18.3 Å². The maximum absolute atomic E-state index is 12.5. The topological polar surface area (TPSA) is 72.7 Å². The first-order valence-electron chi connectivity index (χ1n) is 7.52. The average Bonchev–Trinajstić information content (AvgIpc) is 3.23. The second kappa shape index (κ2) is 8.68. The number of nitrogens with one attached hydrogen (secondary N) is 1. The number of amides is 1. The highest BCUT2D eigenvalue weighted by molar-refractivity contribution is 8.00. The number of hydrogen-bond donors (Lipinski definition) is 1. The molecule has 0 bridgehead atoms. The zero-order chi connectivity index (χ0) is 20.3. The van der Waals surface area contributed by atoms with Gasteiger partial charge in [0.2, 0.25) is 11.0 Å². The van der Waals surface area contributed by atoms with Crippen molar-refractivity contribution in [1.82, 2.24) is 20.0 Å². The number of anilines is 1. The van der Waals surface area contributed by atoms with Gasteiger partial charge in [0.1, 0.15) is 6.54 Å². The molecule has 0 aliphatic heterocycles. The van der Waals surface area contributed by atoms with Gasteiger partial charge >= 0.3 is 6.18 Å². The molecule has 1 amide bonds. The van der Waals surface area contributed by atoms with Crippen LogP contribution in [-0.2, 0) is 23.3 Å². The van der Waals surface area contributed by atoms with Crippen LogP contribution in [0.15, 0.2) is 34.8 Å². The summed E-state index contributed by atoms with van der Waals surface area (Å²) >= 11 is 14.7. The van der Waals surface area contributed by atoms with Gasteiger partial charge in [-0.1, -0.05) is 52.4 Å². The fourth-order valence-corrected chi connectivity index (χ4v) is 4.54. The summed E-state index contributed by atoms with van der Waals surface area (Å²) in [4.78, 5) is 12.0. The van der Waals surface area contributed by atoms with Crippen molar-refractivity contribution in [3.05, 3.63) is 51.8 Å². The Balaban J connectivity index is 1.55. The van der Waals surface area contributed by atoms with Gasteiger partial charge in [0, 0.05) is 22.0 Å². The van der Waals surface area contributed by atoms with Crippen LogP contribution < -0.4 is 5.32 Å². The lowest BCUT2D eigenvalue weighted by Crippen LogP contribution is -2.19. The number of benzene rings is 1. The van der Waals surface area contributed by atoms with Crippen LogP contribution >= 0.6 is 46.3 Å². The van der Waals surface area contributed by atoms with E-state index >= 15 is 0 Å². The van der Waals surface area contributed by atoms with E-state index in [1.807, 2.05) is 0 Å². The number of hydrogen-bond acceptors (Lipinski definition) is 6. The number of halogens is 5. The maximum atomic E-state index is 12.5. The molecule has 0 aliphatic carbocycles. The molecule has 0 saturated carbocycles. The minimum absolute atomic E-state index is 0.223. The van der Waals surface area contributed by atoms with E-state index in [4.69, 9.17) is 23.2 Å². The van der Waals surface area contributed by atoms with Crippen molar-refractivity contribution in [1.29, 1.82) is 0 Å². The third-order valence-corrected chi connectivity index (χ3v) is 6.00. The number of rotatable bonds is 6. The van der Waals surface area contributed by atoms with Gasteiger partial charge in [-0.25, -0.2) is 0 Å². The lowest BCUT2D eigenvalue weighted by molar-refractivity contribution is -0.141. The molecule has 0 aliphatic rings. The van der Waals surface area contributed by atoms with Crippen LogP contribution in [0.4, 0.5) is 18.3 Å². The van der Waals surface area contributed by atoms with Crippen LogP contribution in [0.2, 0.25) is 10.0 Å². The molecule has 6 nitrogen and oxygen atoms in total. The quantitative estimate of drug-likeness (QED) is 0.408. The normalized spacial score (nSPS) is 11.6. The van der Waals surface area contributed by atoms with Crippen molar-refractivity contribution < 1.29 is 18.0 Å². The Bertz CT molecular complexity index is 972. The first kappa shape index (κ1) is 20.9. The van der Waals surface area contributed by atoms with Crippen LogP contribution in [0.5, 0.6) is 0 Å². The molecule has 1 aromatic carbocycles. The minimum Gasteiger partial charge on any atom is -0.299 e. The molecule has 2 heterocycles. The Morgan fingerprint density at radius 1 is 1.21 bits per heavy atom. The Morgan fingerprint density at radius 3 is 2.57 bits per heavy atom. The lowest BCUT2D eigenvalue weighted by Gasteiger charge is -2.04. The fraction of sp³-hybridized carbons (Fsp3) is 0.200. The Labute approximate surface area is 175 Å². The molecular weight excluding hydrogens is 458 g/mol. The van der Waals surface area contributed by atoms with Crippen molar-refractivity contribution in [2.75, 3.05) is 5.32 Å². The molecule has 0 atom stereocenters. The van der Waals surface area contributed by atoms with E-state index in [0.717, 1.165) is 33.8 Å². The molecule has 2 aromatic heterocycles. The third kappa shape index (κ3) is 5.37. The van der Waals surface area contributed by atoms with Crippen molar-refractivity contribution in [3.8, 4) is 0 Å². The van der Waals surface area contributed by atoms with E-state index in [0.29, 0.717) is 20.1 Å². The molecule has 0 spiro atoms. The number of thioether (sulfide) groups is 1. The summed E-state index contributed by atoms with van der Waals surface area (Å²) in [5.41, 5.74) is -0.302. The number of aromatic nitrogens is 4. The number of carbonyl (C=O) groups is 1. The highest BCUT2D eigenvalue weighted by Gasteiger charge is 2.33. The summed E-state index contributed by atoms with van der Waals surface area (Å²) in [5, 5.41) is 14.9. The standard InChI is InChI=1S/C15H10Cl2F3N5OS2/c16-9-2-1-3-10(17)8(9)7-27-14-23-22-13(28-14)21-12(26)6-25-5-4-11(24-25)15(18,19)20/h1-5H,6-7H2,(H,21,22,26). The summed E-state index contributed by atoms with van der Waals surface area (Å²) in [6.45, 7) is -0.382. The van der Waals surface area contributed by atoms with E-state index in [9.17, 15) is 18.0 Å². The molecule has 3 aromatic rings. The first-order valence-corrected chi connectivity index (χ1v) is 10.1. The monoisotopic (exact) mass is 467 g/mol. The predicted octanol–water partition coefficient (Wildman–Crippen LogP) is 4.99. The summed E-state index contributed by atoms with van der Waals surface area (Å²) in [5.74, 6) is -0.104. The van der Waals surface area contributed by atoms with E-state index < -0.39 is 17.8 Å². The van der Waals surface area contributed by atoms with Crippen LogP contribution in [-0.4, -0.2) is 25.9 Å². The molecule has 3 rings (SSSR count). The van der Waals surface area contributed by atoms with E-state index in [1.54, 1.807) is 18.2 Å². The smallest absolute Gasteiger partial charge is 0.299 e. The fourth-order valence-electron chi connectivity index (χ4n) is 2.03. The molecule has 13 heteroatoms. The van der Waals surface area contributed by atoms with Gasteiger partial charge in [-0.3, -0.25) is 14.8 Å². The van der Waals surface area contributed by atoms with Gasteiger partial charge in [-0.05, 0) is 23.8 Å². The molecule has 1 N–H and O–H groups in total. The van der Waals surface area contributed by atoms with Crippen molar-refractivity contribution >= 4 is 57.3 Å². The molecule has 0 fully saturated rings. The number of alkyl halides is 3. The zero-order valence-electron chi connectivity index (χ0n) is 13.7. The highest BCUT2D eigenvalue weighted by atomic mass is 35.5. The molecular formula is C15H10Cl2F3N5OS2. The van der Waals surface area contributed by atoms with Gasteiger partial charge in [0.25, 0.3) is 0 Å². The highest BCUT2D eigenvalue weighted by Crippen LogP contribution is 2.33. The second-order valence-electron chi connectivity index (χ2n) is 5.31. The van der Waals surface area contributed by atoms with Crippen LogP contribution in [0, 0.1) is 0 Å². The van der Waals surface area contributed by atoms with Crippen LogP contribution in [0.3, 0.4) is 0 Å². The van der Waals surface area contributed by atoms with E-state index in [2.05, 4.69) is 20.6 Å². The van der Waals surface area contributed by atoms with Gasteiger partial charge in [0.05, 0.1) is 0 Å². The SMILES string of the molecule is O=C(Cn1ccc(C(F)(F)F)n1)Nc1nnc(SCc2c(Cl)cccc2Cl)s1. The van der Waals surface area contributed by atoms with Crippen LogP contribution in [0.25, 0.3) is 0 Å². The number of carbonyl (C=O) groups excluding carboxylic acids is 1. The number of nitrogens with zero attached hydrogens (tertiary/aromatic N) is 4. The Morgan fingerprint density at radius 2 is 1.93 bits per heavy atom. The second-order valence-corrected chi connectivity index (χ2v) is 8.32. The van der Waals surface area contributed by atoms with Crippen molar-refractivity contribution in [3.63, 3.8) is 0 Å². The van der Waals surface area contributed by atoms with Gasteiger partial charge in [0.15, 0.2) is 10.0 Å². The predicted molar refractivity (Wildman–Crippen MR) is 102 cm³/mol. The van der Waals surface area contributed by atoms with Gasteiger partial charge in [-0.15, -0.1) is 10.2 Å². The maximum Gasteiger partial charge on any atom is 0.435 e. The summed E-state index contributed by atoms with van der Waals surface area (Å²) < 4.78 is 39.0. The third-order valence-electron chi connectivity index (χ3n) is 3.29.